The molecule has 5 nitrogen and oxygen atoms in total. The molecule has 2 aromatic rings. The number of rotatable bonds is 6. The third-order valence-corrected chi connectivity index (χ3v) is 6.22. The zero-order valence-corrected chi connectivity index (χ0v) is 16.6. The van der Waals surface area contributed by atoms with Crippen LogP contribution in [0.3, 0.4) is 0 Å². The van der Waals surface area contributed by atoms with Gasteiger partial charge < -0.3 is 19.5 Å². The van der Waals surface area contributed by atoms with Crippen LogP contribution in [0, 0.1) is 0 Å². The van der Waals surface area contributed by atoms with Gasteiger partial charge in [-0.15, -0.1) is 11.3 Å². The third kappa shape index (κ3) is 4.46. The minimum absolute atomic E-state index is 0.0281. The number of nitrogens with zero attached hydrogens (tertiary/aromatic N) is 1. The normalized spacial score (nSPS) is 22.0. The molecule has 1 aromatic carbocycles. The second-order valence-corrected chi connectivity index (χ2v) is 8.20. The second kappa shape index (κ2) is 8.90. The van der Waals surface area contributed by atoms with Crippen LogP contribution in [0.2, 0.25) is 0 Å². The number of allylic oxidation sites excluding steroid dienone is 1. The summed E-state index contributed by atoms with van der Waals surface area (Å²) >= 11 is 1.69. The summed E-state index contributed by atoms with van der Waals surface area (Å²) in [5.41, 5.74) is 1.88. The van der Waals surface area contributed by atoms with Crippen molar-refractivity contribution in [3.63, 3.8) is 0 Å². The summed E-state index contributed by atoms with van der Waals surface area (Å²) in [4.78, 5) is 15.9. The molecule has 6 heteroatoms. The number of carbonyl (C=O) groups is 1. The standard InChI is InChI=1S/C22H25NO4S/c24-14-16-5-7-17(8-6-16)15-26-21-13-18(20-4-3-11-28-20)12-19(27-21)22(25)23-9-1-2-10-23/h3-8,11-12,18,21,24H,1-2,9-10,13-15H2/t18-,21+/m0/s1. The molecule has 2 aliphatic rings. The van der Waals surface area contributed by atoms with E-state index in [1.54, 1.807) is 11.3 Å². The number of hydrogen-bond donors (Lipinski definition) is 1. The van der Waals surface area contributed by atoms with Gasteiger partial charge in [0.2, 0.25) is 6.29 Å². The van der Waals surface area contributed by atoms with Gasteiger partial charge in [0, 0.05) is 30.3 Å². The van der Waals surface area contributed by atoms with Crippen LogP contribution in [0.1, 0.15) is 41.2 Å². The fourth-order valence-electron chi connectivity index (χ4n) is 3.62. The van der Waals surface area contributed by atoms with Gasteiger partial charge in [0.1, 0.15) is 0 Å². The van der Waals surface area contributed by atoms with E-state index in [-0.39, 0.29) is 18.4 Å². The summed E-state index contributed by atoms with van der Waals surface area (Å²) in [5.74, 6) is 0.504. The van der Waals surface area contributed by atoms with Gasteiger partial charge in [-0.05, 0) is 41.5 Å². The molecule has 1 aromatic heterocycles. The number of thiophene rings is 1. The van der Waals surface area contributed by atoms with E-state index in [2.05, 4.69) is 11.4 Å². The molecule has 4 rings (SSSR count). The lowest BCUT2D eigenvalue weighted by molar-refractivity contribution is -0.155. The largest absolute Gasteiger partial charge is 0.459 e. The molecule has 1 saturated heterocycles. The molecule has 28 heavy (non-hydrogen) atoms. The number of aliphatic hydroxyl groups excluding tert-OH is 1. The van der Waals surface area contributed by atoms with Crippen LogP contribution < -0.4 is 0 Å². The van der Waals surface area contributed by atoms with Gasteiger partial charge in [-0.1, -0.05) is 30.3 Å². The Morgan fingerprint density at radius 2 is 1.93 bits per heavy atom. The van der Waals surface area contributed by atoms with Crippen molar-refractivity contribution < 1.29 is 19.4 Å². The van der Waals surface area contributed by atoms with Crippen LogP contribution in [0.15, 0.2) is 53.6 Å². The van der Waals surface area contributed by atoms with Crippen molar-refractivity contribution in [3.8, 4) is 0 Å². The molecule has 0 unspecified atom stereocenters. The molecule has 0 spiro atoms. The van der Waals surface area contributed by atoms with Crippen molar-refractivity contribution in [2.24, 2.45) is 0 Å². The SMILES string of the molecule is O=C(C1=C[C@H](c2cccs2)C[C@H](OCc2ccc(CO)cc2)O1)N1CCCC1. The highest BCUT2D eigenvalue weighted by Crippen LogP contribution is 2.34. The highest BCUT2D eigenvalue weighted by atomic mass is 32.1. The molecule has 148 valence electrons. The van der Waals surface area contributed by atoms with E-state index in [4.69, 9.17) is 14.6 Å². The first-order chi connectivity index (χ1) is 13.7. The van der Waals surface area contributed by atoms with E-state index in [1.165, 1.54) is 4.88 Å². The van der Waals surface area contributed by atoms with Crippen molar-refractivity contribution >= 4 is 17.2 Å². The highest BCUT2D eigenvalue weighted by molar-refractivity contribution is 7.10. The molecule has 0 radical (unpaired) electrons. The van der Waals surface area contributed by atoms with Crippen LogP contribution in [-0.2, 0) is 27.5 Å². The van der Waals surface area contributed by atoms with Crippen molar-refractivity contribution in [3.05, 3.63) is 69.6 Å². The number of benzene rings is 1. The van der Waals surface area contributed by atoms with E-state index in [9.17, 15) is 4.79 Å². The maximum atomic E-state index is 12.9. The zero-order chi connectivity index (χ0) is 19.3. The summed E-state index contributed by atoms with van der Waals surface area (Å²) in [7, 11) is 0. The first kappa shape index (κ1) is 19.2. The molecule has 2 aliphatic heterocycles. The molecule has 0 bridgehead atoms. The minimum atomic E-state index is -0.462. The Morgan fingerprint density at radius 3 is 2.61 bits per heavy atom. The monoisotopic (exact) mass is 399 g/mol. The molecular weight excluding hydrogens is 374 g/mol. The molecular formula is C22H25NO4S. The first-order valence-electron chi connectivity index (χ1n) is 9.74. The van der Waals surface area contributed by atoms with Crippen LogP contribution in [0.5, 0.6) is 0 Å². The Bertz CT molecular complexity index is 810. The average Bonchev–Trinajstić information content (AvgIpc) is 3.46. The maximum Gasteiger partial charge on any atom is 0.288 e. The first-order valence-corrected chi connectivity index (χ1v) is 10.6. The van der Waals surface area contributed by atoms with Gasteiger partial charge in [-0.3, -0.25) is 4.79 Å². The Hall–Kier alpha value is -2.15. The number of likely N-dealkylation sites (tertiary alicyclic amines) is 1. The summed E-state index contributed by atoms with van der Waals surface area (Å²) in [6, 6.07) is 11.8. The van der Waals surface area contributed by atoms with Gasteiger partial charge in [-0.2, -0.15) is 0 Å². The van der Waals surface area contributed by atoms with E-state index in [0.717, 1.165) is 37.1 Å². The Kier molecular flexibility index (Phi) is 6.10. The van der Waals surface area contributed by atoms with Crippen LogP contribution in [0.4, 0.5) is 0 Å². The fraction of sp³-hybridized carbons (Fsp3) is 0.409. The summed E-state index contributed by atoms with van der Waals surface area (Å²) in [6.45, 7) is 2.03. The molecule has 3 heterocycles. The van der Waals surface area contributed by atoms with Crippen LogP contribution >= 0.6 is 11.3 Å². The third-order valence-electron chi connectivity index (χ3n) is 5.21. The smallest absolute Gasteiger partial charge is 0.288 e. The number of hydrogen-bond acceptors (Lipinski definition) is 5. The number of aliphatic hydroxyl groups is 1. The van der Waals surface area contributed by atoms with Crippen LogP contribution in [0.25, 0.3) is 0 Å². The van der Waals surface area contributed by atoms with Crippen molar-refractivity contribution in [2.75, 3.05) is 13.1 Å². The average molecular weight is 400 g/mol. The van der Waals surface area contributed by atoms with E-state index in [1.807, 2.05) is 41.3 Å². The van der Waals surface area contributed by atoms with Crippen molar-refractivity contribution in [1.82, 2.24) is 4.90 Å². The van der Waals surface area contributed by atoms with E-state index in [0.29, 0.717) is 18.8 Å². The molecule has 0 aliphatic carbocycles. The summed E-state index contributed by atoms with van der Waals surface area (Å²) in [5, 5.41) is 11.2. The number of ether oxygens (including phenoxy) is 2. The second-order valence-electron chi connectivity index (χ2n) is 7.22. The quantitative estimate of drug-likeness (QED) is 0.803. The van der Waals surface area contributed by atoms with E-state index >= 15 is 0 Å². The van der Waals surface area contributed by atoms with Crippen molar-refractivity contribution in [1.29, 1.82) is 0 Å². The lowest BCUT2D eigenvalue weighted by Crippen LogP contribution is -2.34. The zero-order valence-electron chi connectivity index (χ0n) is 15.8. The predicted molar refractivity (Wildman–Crippen MR) is 108 cm³/mol. The molecule has 1 fully saturated rings. The van der Waals surface area contributed by atoms with Crippen LogP contribution in [-0.4, -0.2) is 35.3 Å². The predicted octanol–water partition coefficient (Wildman–Crippen LogP) is 3.79. The Morgan fingerprint density at radius 1 is 1.18 bits per heavy atom. The number of amides is 1. The van der Waals surface area contributed by atoms with E-state index < -0.39 is 6.29 Å². The maximum absolute atomic E-state index is 12.9. The minimum Gasteiger partial charge on any atom is -0.459 e. The Balaban J connectivity index is 1.46. The molecule has 1 N–H and O–H groups in total. The molecule has 2 atom stereocenters. The van der Waals surface area contributed by atoms with Gasteiger partial charge in [0.05, 0.1) is 13.2 Å². The topological polar surface area (TPSA) is 59.0 Å². The summed E-state index contributed by atoms with van der Waals surface area (Å²) < 4.78 is 12.0. The highest BCUT2D eigenvalue weighted by Gasteiger charge is 2.32. The number of carbonyl (C=O) groups excluding carboxylic acids is 1. The lowest BCUT2D eigenvalue weighted by Gasteiger charge is -2.30. The Labute approximate surface area is 169 Å². The van der Waals surface area contributed by atoms with Gasteiger partial charge >= 0.3 is 0 Å². The van der Waals surface area contributed by atoms with Gasteiger partial charge in [0.25, 0.3) is 5.91 Å². The van der Waals surface area contributed by atoms with Gasteiger partial charge in [0.15, 0.2) is 5.76 Å². The summed E-state index contributed by atoms with van der Waals surface area (Å²) in [6.07, 6.45) is 4.29. The van der Waals surface area contributed by atoms with Crippen molar-refractivity contribution in [2.45, 2.75) is 44.7 Å². The lowest BCUT2D eigenvalue weighted by atomic mass is 9.99. The fourth-order valence-corrected chi connectivity index (χ4v) is 4.43. The van der Waals surface area contributed by atoms with Gasteiger partial charge in [-0.25, -0.2) is 0 Å². The molecule has 1 amide bonds. The molecule has 0 saturated carbocycles.